The van der Waals surface area contributed by atoms with Gasteiger partial charge in [0.25, 0.3) is 5.91 Å². The molecule has 2 rings (SSSR count). The summed E-state index contributed by atoms with van der Waals surface area (Å²) in [7, 11) is 0. The van der Waals surface area contributed by atoms with Crippen molar-refractivity contribution in [1.29, 1.82) is 0 Å². The van der Waals surface area contributed by atoms with E-state index in [0.717, 1.165) is 11.1 Å². The van der Waals surface area contributed by atoms with Gasteiger partial charge < -0.3 is 10.2 Å². The van der Waals surface area contributed by atoms with E-state index in [1.165, 1.54) is 0 Å². The van der Waals surface area contributed by atoms with Crippen LogP contribution in [0.1, 0.15) is 16.1 Å². The highest BCUT2D eigenvalue weighted by Gasteiger charge is 2.09. The summed E-state index contributed by atoms with van der Waals surface area (Å²) in [5.74, 6) is 0.323. The molecule has 0 unspecified atom stereocenters. The number of furan rings is 1. The topological polar surface area (TPSA) is 56.2 Å². The summed E-state index contributed by atoms with van der Waals surface area (Å²) in [6.07, 6.45) is 0. The minimum absolute atomic E-state index is 0.436. The van der Waals surface area contributed by atoms with Crippen LogP contribution in [0.4, 0.5) is 0 Å². The molecule has 0 saturated carbocycles. The normalized spacial score (nSPS) is 10.5. The number of amides is 1. The Morgan fingerprint density at radius 1 is 1.46 bits per heavy atom. The average Bonchev–Trinajstić information content (AvgIpc) is 2.43. The lowest BCUT2D eigenvalue weighted by Gasteiger charge is -1.94. The van der Waals surface area contributed by atoms with E-state index in [0.29, 0.717) is 11.1 Å². The van der Waals surface area contributed by atoms with E-state index in [9.17, 15) is 4.79 Å². The molecular weight excluding hydrogens is 166 g/mol. The summed E-state index contributed by atoms with van der Waals surface area (Å²) in [4.78, 5) is 11.0. The molecule has 0 atom stereocenters. The average molecular weight is 175 g/mol. The van der Waals surface area contributed by atoms with Gasteiger partial charge in [-0.2, -0.15) is 0 Å². The molecule has 2 N–H and O–H groups in total. The quantitative estimate of drug-likeness (QED) is 0.718. The molecule has 0 aliphatic heterocycles. The minimum Gasteiger partial charge on any atom is -0.461 e. The van der Waals surface area contributed by atoms with Gasteiger partial charge in [0.05, 0.1) is 5.56 Å². The number of nitrogens with two attached hydrogens (primary N) is 1. The van der Waals surface area contributed by atoms with Crippen LogP contribution >= 0.6 is 0 Å². The van der Waals surface area contributed by atoms with Crippen molar-refractivity contribution in [3.8, 4) is 0 Å². The monoisotopic (exact) mass is 175 g/mol. The van der Waals surface area contributed by atoms with E-state index in [2.05, 4.69) is 0 Å². The van der Waals surface area contributed by atoms with Crippen LogP contribution in [0.25, 0.3) is 11.0 Å². The summed E-state index contributed by atoms with van der Waals surface area (Å²) < 4.78 is 5.36. The van der Waals surface area contributed by atoms with Gasteiger partial charge in [0, 0.05) is 5.39 Å². The van der Waals surface area contributed by atoms with Crippen molar-refractivity contribution in [3.05, 3.63) is 35.6 Å². The summed E-state index contributed by atoms with van der Waals surface area (Å²) in [6, 6.07) is 7.21. The Morgan fingerprint density at radius 3 is 2.92 bits per heavy atom. The Kier molecular flexibility index (Phi) is 1.59. The first kappa shape index (κ1) is 7.86. The predicted molar refractivity (Wildman–Crippen MR) is 49.5 cm³/mol. The van der Waals surface area contributed by atoms with Crippen LogP contribution < -0.4 is 5.73 Å². The molecule has 0 aliphatic carbocycles. The molecule has 0 saturated heterocycles. The van der Waals surface area contributed by atoms with Crippen molar-refractivity contribution in [2.45, 2.75) is 6.92 Å². The van der Waals surface area contributed by atoms with Gasteiger partial charge >= 0.3 is 0 Å². The van der Waals surface area contributed by atoms with Crippen LogP contribution in [-0.4, -0.2) is 5.91 Å². The molecule has 0 spiro atoms. The third-order valence-electron chi connectivity index (χ3n) is 1.93. The fourth-order valence-corrected chi connectivity index (χ4v) is 1.39. The molecule has 1 aromatic heterocycles. The van der Waals surface area contributed by atoms with Crippen LogP contribution in [0.15, 0.2) is 28.7 Å². The number of aryl methyl sites for hydroxylation is 1. The first-order valence-corrected chi connectivity index (χ1v) is 3.97. The van der Waals surface area contributed by atoms with E-state index in [-0.39, 0.29) is 0 Å². The van der Waals surface area contributed by atoms with Crippen molar-refractivity contribution < 1.29 is 9.21 Å². The lowest BCUT2D eigenvalue weighted by molar-refractivity contribution is 0.100. The van der Waals surface area contributed by atoms with Crippen LogP contribution in [-0.2, 0) is 0 Å². The number of para-hydroxylation sites is 1. The van der Waals surface area contributed by atoms with Gasteiger partial charge in [-0.1, -0.05) is 12.1 Å². The van der Waals surface area contributed by atoms with E-state index in [1.807, 2.05) is 19.1 Å². The Morgan fingerprint density at radius 2 is 2.23 bits per heavy atom. The van der Waals surface area contributed by atoms with Crippen molar-refractivity contribution in [1.82, 2.24) is 0 Å². The zero-order valence-electron chi connectivity index (χ0n) is 7.20. The van der Waals surface area contributed by atoms with E-state index in [4.69, 9.17) is 10.2 Å². The van der Waals surface area contributed by atoms with Crippen molar-refractivity contribution in [3.63, 3.8) is 0 Å². The van der Waals surface area contributed by atoms with E-state index in [1.54, 1.807) is 12.1 Å². The molecule has 0 bridgehead atoms. The summed E-state index contributed by atoms with van der Waals surface area (Å²) in [5, 5.41) is 0.911. The molecule has 2 aromatic rings. The fraction of sp³-hybridized carbons (Fsp3) is 0.100. The minimum atomic E-state index is -0.458. The molecule has 0 radical (unpaired) electrons. The van der Waals surface area contributed by atoms with Crippen molar-refractivity contribution >= 4 is 16.9 Å². The first-order valence-electron chi connectivity index (χ1n) is 3.97. The Hall–Kier alpha value is -1.77. The molecule has 66 valence electrons. The van der Waals surface area contributed by atoms with Crippen LogP contribution in [0.2, 0.25) is 0 Å². The second-order valence-electron chi connectivity index (χ2n) is 2.95. The van der Waals surface area contributed by atoms with Crippen molar-refractivity contribution in [2.24, 2.45) is 5.73 Å². The zero-order valence-corrected chi connectivity index (χ0v) is 7.20. The van der Waals surface area contributed by atoms with Crippen LogP contribution in [0, 0.1) is 6.92 Å². The second-order valence-corrected chi connectivity index (χ2v) is 2.95. The fourth-order valence-electron chi connectivity index (χ4n) is 1.39. The third kappa shape index (κ3) is 1.18. The van der Waals surface area contributed by atoms with Gasteiger partial charge in [0.15, 0.2) is 0 Å². The molecule has 3 nitrogen and oxygen atoms in total. The number of hydrogen-bond donors (Lipinski definition) is 1. The highest BCUT2D eigenvalue weighted by atomic mass is 16.3. The highest BCUT2D eigenvalue weighted by molar-refractivity contribution is 6.04. The maximum atomic E-state index is 11.0. The second kappa shape index (κ2) is 2.62. The van der Waals surface area contributed by atoms with E-state index >= 15 is 0 Å². The molecule has 1 aromatic carbocycles. The zero-order chi connectivity index (χ0) is 9.42. The van der Waals surface area contributed by atoms with Gasteiger partial charge in [-0.3, -0.25) is 4.79 Å². The lowest BCUT2D eigenvalue weighted by Crippen LogP contribution is -2.10. The number of carbonyl (C=O) groups excluding carboxylic acids is 1. The largest absolute Gasteiger partial charge is 0.461 e. The molecule has 1 amide bonds. The SMILES string of the molecule is Cc1cc2cccc(C(N)=O)c2o1. The summed E-state index contributed by atoms with van der Waals surface area (Å²) >= 11 is 0. The lowest BCUT2D eigenvalue weighted by atomic mass is 10.1. The first-order chi connectivity index (χ1) is 6.18. The van der Waals surface area contributed by atoms with Gasteiger partial charge in [-0.15, -0.1) is 0 Å². The molecule has 3 heteroatoms. The predicted octanol–water partition coefficient (Wildman–Crippen LogP) is 1.84. The molecule has 13 heavy (non-hydrogen) atoms. The molecule has 1 heterocycles. The molecule has 0 aliphatic rings. The summed E-state index contributed by atoms with van der Waals surface area (Å²) in [5.41, 5.74) is 6.20. The number of rotatable bonds is 1. The molecular formula is C10H9NO2. The van der Waals surface area contributed by atoms with Crippen LogP contribution in [0.5, 0.6) is 0 Å². The van der Waals surface area contributed by atoms with Gasteiger partial charge in [0.1, 0.15) is 11.3 Å². The Bertz CT molecular complexity index is 471. The maximum Gasteiger partial charge on any atom is 0.252 e. The van der Waals surface area contributed by atoms with Gasteiger partial charge in [-0.25, -0.2) is 0 Å². The maximum absolute atomic E-state index is 11.0. The Balaban J connectivity index is 2.82. The third-order valence-corrected chi connectivity index (χ3v) is 1.93. The number of carbonyl (C=O) groups is 1. The number of benzene rings is 1. The van der Waals surface area contributed by atoms with E-state index < -0.39 is 5.91 Å². The summed E-state index contributed by atoms with van der Waals surface area (Å²) in [6.45, 7) is 1.84. The number of primary amides is 1. The highest BCUT2D eigenvalue weighted by Crippen LogP contribution is 2.21. The van der Waals surface area contributed by atoms with Gasteiger partial charge in [-0.05, 0) is 19.1 Å². The number of hydrogen-bond acceptors (Lipinski definition) is 2. The standard InChI is InChI=1S/C10H9NO2/c1-6-5-7-3-2-4-8(10(11)12)9(7)13-6/h2-5H,1H3,(H2,11,12). The van der Waals surface area contributed by atoms with Crippen LogP contribution in [0.3, 0.4) is 0 Å². The Labute approximate surface area is 75.1 Å². The smallest absolute Gasteiger partial charge is 0.252 e. The molecule has 0 fully saturated rings. The number of fused-ring (bicyclic) bond motifs is 1. The van der Waals surface area contributed by atoms with Gasteiger partial charge in [0.2, 0.25) is 0 Å². The van der Waals surface area contributed by atoms with Crippen molar-refractivity contribution in [2.75, 3.05) is 0 Å².